The predicted octanol–water partition coefficient (Wildman–Crippen LogP) is 6.51. The van der Waals surface area contributed by atoms with Crippen LogP contribution in [0.1, 0.15) is 25.0 Å². The van der Waals surface area contributed by atoms with Gasteiger partial charge in [0.1, 0.15) is 29.8 Å². The van der Waals surface area contributed by atoms with Crippen LogP contribution in [0.3, 0.4) is 0 Å². The normalized spacial score (nSPS) is 10.9. The number of rotatable bonds is 10. The van der Waals surface area contributed by atoms with Gasteiger partial charge in [0.15, 0.2) is 11.5 Å². The molecule has 0 aliphatic rings. The SMILES string of the molecule is CCOc1ccc(NC(=O)/C(C#N)=C/c2cc(OCC)c(OCc3ccc(F)cc3)cc2Br)cc1. The first-order valence-electron chi connectivity index (χ1n) is 10.9. The van der Waals surface area contributed by atoms with E-state index in [1.54, 1.807) is 48.5 Å². The molecule has 1 N–H and O–H groups in total. The van der Waals surface area contributed by atoms with Gasteiger partial charge in [-0.3, -0.25) is 4.79 Å². The van der Waals surface area contributed by atoms with E-state index in [0.29, 0.717) is 46.2 Å². The van der Waals surface area contributed by atoms with Crippen LogP contribution in [0.5, 0.6) is 17.2 Å². The van der Waals surface area contributed by atoms with Gasteiger partial charge in [-0.05, 0) is 79.6 Å². The van der Waals surface area contributed by atoms with E-state index < -0.39 is 5.91 Å². The van der Waals surface area contributed by atoms with Gasteiger partial charge in [-0.15, -0.1) is 0 Å². The Bertz CT molecular complexity index is 1240. The third-order valence-corrected chi connectivity index (χ3v) is 5.45. The number of benzene rings is 3. The van der Waals surface area contributed by atoms with Gasteiger partial charge >= 0.3 is 0 Å². The molecule has 1 amide bonds. The monoisotopic (exact) mass is 538 g/mol. The molecule has 8 heteroatoms. The molecule has 0 aliphatic heterocycles. The largest absolute Gasteiger partial charge is 0.494 e. The molecule has 0 saturated heterocycles. The molecule has 6 nitrogen and oxygen atoms in total. The summed E-state index contributed by atoms with van der Waals surface area (Å²) in [6.45, 7) is 4.88. The molecule has 0 aromatic heterocycles. The topological polar surface area (TPSA) is 80.6 Å². The third kappa shape index (κ3) is 7.33. The van der Waals surface area contributed by atoms with Crippen molar-refractivity contribution in [3.8, 4) is 23.3 Å². The number of nitrogens with one attached hydrogen (secondary N) is 1. The fourth-order valence-electron chi connectivity index (χ4n) is 3.09. The zero-order valence-electron chi connectivity index (χ0n) is 19.3. The van der Waals surface area contributed by atoms with Gasteiger partial charge < -0.3 is 19.5 Å². The highest BCUT2D eigenvalue weighted by molar-refractivity contribution is 9.10. The van der Waals surface area contributed by atoms with E-state index in [2.05, 4.69) is 21.2 Å². The molecule has 0 radical (unpaired) electrons. The first kappa shape index (κ1) is 25.8. The van der Waals surface area contributed by atoms with Crippen LogP contribution in [0.15, 0.2) is 70.7 Å². The summed E-state index contributed by atoms with van der Waals surface area (Å²) in [5.74, 6) is 0.752. The Labute approximate surface area is 212 Å². The maximum atomic E-state index is 13.1. The second kappa shape index (κ2) is 12.6. The highest BCUT2D eigenvalue weighted by Crippen LogP contribution is 2.35. The predicted molar refractivity (Wildman–Crippen MR) is 136 cm³/mol. The van der Waals surface area contributed by atoms with Crippen molar-refractivity contribution >= 4 is 33.6 Å². The lowest BCUT2D eigenvalue weighted by molar-refractivity contribution is -0.112. The molecule has 0 atom stereocenters. The van der Waals surface area contributed by atoms with Crippen LogP contribution in [-0.4, -0.2) is 19.1 Å². The molecule has 0 spiro atoms. The van der Waals surface area contributed by atoms with Crippen LogP contribution in [0.4, 0.5) is 10.1 Å². The van der Waals surface area contributed by atoms with Crippen LogP contribution in [0.25, 0.3) is 6.08 Å². The minimum atomic E-state index is -0.543. The third-order valence-electron chi connectivity index (χ3n) is 4.76. The van der Waals surface area contributed by atoms with E-state index in [1.165, 1.54) is 18.2 Å². The summed E-state index contributed by atoms with van der Waals surface area (Å²) in [6, 6.07) is 18.3. The number of ether oxygens (including phenoxy) is 3. The molecule has 3 aromatic rings. The van der Waals surface area contributed by atoms with Crippen molar-refractivity contribution in [3.05, 3.63) is 87.7 Å². The van der Waals surface area contributed by atoms with Crippen molar-refractivity contribution in [2.75, 3.05) is 18.5 Å². The van der Waals surface area contributed by atoms with Gasteiger partial charge in [-0.1, -0.05) is 28.1 Å². The highest BCUT2D eigenvalue weighted by atomic mass is 79.9. The Kier molecular flexibility index (Phi) is 9.27. The first-order valence-corrected chi connectivity index (χ1v) is 11.7. The summed E-state index contributed by atoms with van der Waals surface area (Å²) in [6.07, 6.45) is 1.47. The van der Waals surface area contributed by atoms with E-state index in [0.717, 1.165) is 5.56 Å². The number of hydrogen-bond donors (Lipinski definition) is 1. The van der Waals surface area contributed by atoms with Gasteiger partial charge in [0.2, 0.25) is 0 Å². The number of halogens is 2. The van der Waals surface area contributed by atoms with E-state index >= 15 is 0 Å². The molecule has 3 aromatic carbocycles. The zero-order chi connectivity index (χ0) is 25.2. The van der Waals surface area contributed by atoms with Crippen LogP contribution in [0.2, 0.25) is 0 Å². The number of nitrogens with zero attached hydrogens (tertiary/aromatic N) is 1. The molecule has 0 bridgehead atoms. The van der Waals surface area contributed by atoms with Crippen molar-refractivity contribution in [1.29, 1.82) is 5.26 Å². The quantitative estimate of drug-likeness (QED) is 0.235. The van der Waals surface area contributed by atoms with Gasteiger partial charge in [-0.25, -0.2) is 4.39 Å². The molecule has 35 heavy (non-hydrogen) atoms. The molecule has 0 aliphatic carbocycles. The fourth-order valence-corrected chi connectivity index (χ4v) is 3.52. The van der Waals surface area contributed by atoms with Gasteiger partial charge in [0.25, 0.3) is 5.91 Å². The van der Waals surface area contributed by atoms with E-state index in [-0.39, 0.29) is 18.0 Å². The van der Waals surface area contributed by atoms with Crippen molar-refractivity contribution in [3.63, 3.8) is 0 Å². The van der Waals surface area contributed by atoms with E-state index in [9.17, 15) is 14.4 Å². The Morgan fingerprint density at radius 2 is 1.66 bits per heavy atom. The van der Waals surface area contributed by atoms with Gasteiger partial charge in [-0.2, -0.15) is 5.26 Å². The smallest absolute Gasteiger partial charge is 0.266 e. The zero-order valence-corrected chi connectivity index (χ0v) is 20.9. The van der Waals surface area contributed by atoms with Crippen LogP contribution >= 0.6 is 15.9 Å². The lowest BCUT2D eigenvalue weighted by Crippen LogP contribution is -2.13. The number of nitriles is 1. The average molecular weight is 539 g/mol. The summed E-state index contributed by atoms with van der Waals surface area (Å²) < 4.78 is 30.7. The van der Waals surface area contributed by atoms with Crippen molar-refractivity contribution in [2.24, 2.45) is 0 Å². The Morgan fingerprint density at radius 3 is 2.29 bits per heavy atom. The standard InChI is InChI=1S/C27H24BrFN2O4/c1-3-33-23-11-9-22(10-12-23)31-27(32)20(16-30)13-19-14-25(34-4-2)26(15-24(19)28)35-17-18-5-7-21(29)8-6-18/h5-15H,3-4,17H2,1-2H3,(H,31,32)/b20-13+. The first-order chi connectivity index (χ1) is 16.9. The van der Waals surface area contributed by atoms with Crippen LogP contribution in [0, 0.1) is 17.1 Å². The summed E-state index contributed by atoms with van der Waals surface area (Å²) in [5, 5.41) is 12.3. The molecular weight excluding hydrogens is 515 g/mol. The van der Waals surface area contributed by atoms with Crippen molar-refractivity contribution < 1.29 is 23.4 Å². The number of carbonyl (C=O) groups excluding carboxylic acids is 1. The van der Waals surface area contributed by atoms with Crippen molar-refractivity contribution in [1.82, 2.24) is 0 Å². The lowest BCUT2D eigenvalue weighted by Gasteiger charge is -2.14. The summed E-state index contributed by atoms with van der Waals surface area (Å²) in [7, 11) is 0. The van der Waals surface area contributed by atoms with Gasteiger partial charge in [0, 0.05) is 10.2 Å². The molecule has 3 rings (SSSR count). The highest BCUT2D eigenvalue weighted by Gasteiger charge is 2.14. The Hall–Kier alpha value is -3.83. The maximum Gasteiger partial charge on any atom is 0.266 e. The van der Waals surface area contributed by atoms with E-state index in [1.807, 2.05) is 19.9 Å². The molecule has 0 saturated carbocycles. The molecular formula is C27H24BrFN2O4. The fraction of sp³-hybridized carbons (Fsp3) is 0.185. The number of anilines is 1. The van der Waals surface area contributed by atoms with E-state index in [4.69, 9.17) is 14.2 Å². The Morgan fingerprint density at radius 1 is 1.00 bits per heavy atom. The van der Waals surface area contributed by atoms with Crippen LogP contribution < -0.4 is 19.5 Å². The summed E-state index contributed by atoms with van der Waals surface area (Å²) in [4.78, 5) is 12.7. The molecule has 0 heterocycles. The van der Waals surface area contributed by atoms with Crippen LogP contribution in [-0.2, 0) is 11.4 Å². The lowest BCUT2D eigenvalue weighted by atomic mass is 10.1. The maximum absolute atomic E-state index is 13.1. The van der Waals surface area contributed by atoms with Crippen molar-refractivity contribution in [2.45, 2.75) is 20.5 Å². The number of amides is 1. The number of hydrogen-bond acceptors (Lipinski definition) is 5. The average Bonchev–Trinajstić information content (AvgIpc) is 2.85. The summed E-state index contributed by atoms with van der Waals surface area (Å²) in [5.41, 5.74) is 1.83. The second-order valence-corrected chi connectivity index (χ2v) is 8.10. The van der Waals surface area contributed by atoms with Gasteiger partial charge in [0.05, 0.1) is 13.2 Å². The molecule has 0 unspecified atom stereocenters. The second-order valence-electron chi connectivity index (χ2n) is 7.25. The summed E-state index contributed by atoms with van der Waals surface area (Å²) >= 11 is 3.48. The minimum absolute atomic E-state index is 0.0815. The molecule has 180 valence electrons. The Balaban J connectivity index is 1.80. The minimum Gasteiger partial charge on any atom is -0.494 e. The number of carbonyl (C=O) groups is 1. The molecule has 0 fully saturated rings.